The zero-order chi connectivity index (χ0) is 22.6. The molecule has 1 unspecified atom stereocenters. The van der Waals surface area contributed by atoms with Gasteiger partial charge in [0.05, 0.1) is 11.7 Å². The molecule has 0 radical (unpaired) electrons. The molecule has 0 aromatic carbocycles. The molecule has 0 aromatic rings. The molecule has 3 aliphatic carbocycles. The minimum atomic E-state index is -0.452. The highest BCUT2D eigenvalue weighted by Crippen LogP contribution is 2.60. The Labute approximate surface area is 191 Å². The minimum Gasteiger partial charge on any atom is -0.393 e. The second-order valence-corrected chi connectivity index (χ2v) is 11.3. The molecule has 0 saturated heterocycles. The fraction of sp³-hybridized carbons (Fsp3) is 0.793. The summed E-state index contributed by atoms with van der Waals surface area (Å²) in [4.78, 5) is 0. The summed E-state index contributed by atoms with van der Waals surface area (Å²) in [5, 5.41) is 20.7. The topological polar surface area (TPSA) is 40.5 Å². The fourth-order valence-electron chi connectivity index (χ4n) is 7.17. The predicted octanol–water partition coefficient (Wildman–Crippen LogP) is 7.51. The lowest BCUT2D eigenvalue weighted by Gasteiger charge is -2.44. The summed E-state index contributed by atoms with van der Waals surface area (Å²) >= 11 is 0. The van der Waals surface area contributed by atoms with E-state index < -0.39 is 5.60 Å². The van der Waals surface area contributed by atoms with Crippen LogP contribution in [0.1, 0.15) is 111 Å². The van der Waals surface area contributed by atoms with Gasteiger partial charge in [0.1, 0.15) is 0 Å². The average Bonchev–Trinajstić information content (AvgIpc) is 3.11. The first kappa shape index (κ1) is 24.8. The Kier molecular flexibility index (Phi) is 8.30. The summed E-state index contributed by atoms with van der Waals surface area (Å²) in [5.74, 6) is 2.26. The number of hydrogen-bond acceptors (Lipinski definition) is 2. The largest absolute Gasteiger partial charge is 0.393 e. The van der Waals surface area contributed by atoms with Crippen molar-refractivity contribution in [2.24, 2.45) is 23.2 Å². The van der Waals surface area contributed by atoms with E-state index in [4.69, 9.17) is 0 Å². The molecular weight excluding hydrogens is 380 g/mol. The van der Waals surface area contributed by atoms with Crippen LogP contribution in [0.15, 0.2) is 35.5 Å². The van der Waals surface area contributed by atoms with E-state index in [1.54, 1.807) is 5.57 Å². The van der Waals surface area contributed by atoms with Crippen molar-refractivity contribution in [3.05, 3.63) is 35.5 Å². The highest BCUT2D eigenvalue weighted by Gasteiger charge is 2.50. The number of fused-ring (bicyclic) bond motifs is 1. The zero-order valence-electron chi connectivity index (χ0n) is 20.8. The molecule has 3 aliphatic rings. The number of aliphatic hydroxyl groups excluding tert-OH is 1. The van der Waals surface area contributed by atoms with Crippen molar-refractivity contribution in [2.75, 3.05) is 0 Å². The van der Waals surface area contributed by atoms with Crippen LogP contribution in [0.4, 0.5) is 0 Å². The average molecular weight is 429 g/mol. The maximum Gasteiger partial charge on any atom is 0.0642 e. The molecule has 176 valence electrons. The second kappa shape index (κ2) is 10.4. The zero-order valence-corrected chi connectivity index (χ0v) is 20.8. The Hall–Kier alpha value is -0.860. The molecule has 2 heteroatoms. The van der Waals surface area contributed by atoms with Crippen molar-refractivity contribution in [3.63, 3.8) is 0 Å². The molecule has 0 heterocycles. The third kappa shape index (κ3) is 5.56. The van der Waals surface area contributed by atoms with Gasteiger partial charge in [0, 0.05) is 0 Å². The minimum absolute atomic E-state index is 0.193. The smallest absolute Gasteiger partial charge is 0.0642 e. The van der Waals surface area contributed by atoms with Gasteiger partial charge in [0.2, 0.25) is 0 Å². The Morgan fingerprint density at radius 3 is 2.61 bits per heavy atom. The van der Waals surface area contributed by atoms with Gasteiger partial charge in [0.25, 0.3) is 0 Å². The van der Waals surface area contributed by atoms with Gasteiger partial charge in [0.15, 0.2) is 0 Å². The van der Waals surface area contributed by atoms with Crippen molar-refractivity contribution < 1.29 is 10.2 Å². The van der Waals surface area contributed by atoms with Crippen molar-refractivity contribution in [2.45, 2.75) is 123 Å². The predicted molar refractivity (Wildman–Crippen MR) is 132 cm³/mol. The van der Waals surface area contributed by atoms with E-state index in [1.807, 2.05) is 0 Å². The fourth-order valence-corrected chi connectivity index (χ4v) is 7.17. The third-order valence-electron chi connectivity index (χ3n) is 9.53. The van der Waals surface area contributed by atoms with Crippen LogP contribution in [0.3, 0.4) is 0 Å². The van der Waals surface area contributed by atoms with E-state index in [0.29, 0.717) is 5.41 Å². The number of rotatable bonds is 8. The molecule has 3 rings (SSSR count). The van der Waals surface area contributed by atoms with E-state index in [2.05, 4.69) is 46.4 Å². The normalized spacial score (nSPS) is 35.5. The van der Waals surface area contributed by atoms with Gasteiger partial charge in [-0.25, -0.2) is 0 Å². The van der Waals surface area contributed by atoms with Gasteiger partial charge >= 0.3 is 0 Å². The van der Waals surface area contributed by atoms with Crippen LogP contribution >= 0.6 is 0 Å². The van der Waals surface area contributed by atoms with E-state index >= 15 is 0 Å². The molecule has 3 fully saturated rings. The quantitative estimate of drug-likeness (QED) is 0.420. The highest BCUT2D eigenvalue weighted by molar-refractivity contribution is 5.36. The number of aliphatic hydroxyl groups is 2. The summed E-state index contributed by atoms with van der Waals surface area (Å²) in [6, 6.07) is 0. The van der Waals surface area contributed by atoms with Crippen LogP contribution in [-0.2, 0) is 0 Å². The van der Waals surface area contributed by atoms with Gasteiger partial charge in [-0.2, -0.15) is 0 Å². The van der Waals surface area contributed by atoms with E-state index in [9.17, 15) is 10.2 Å². The van der Waals surface area contributed by atoms with E-state index in [-0.39, 0.29) is 6.10 Å². The molecule has 0 bridgehead atoms. The van der Waals surface area contributed by atoms with Crippen molar-refractivity contribution >= 4 is 0 Å². The van der Waals surface area contributed by atoms with Crippen LogP contribution < -0.4 is 0 Å². The summed E-state index contributed by atoms with van der Waals surface area (Å²) in [5.41, 5.74) is 4.11. The van der Waals surface area contributed by atoms with Crippen LogP contribution in [-0.4, -0.2) is 21.9 Å². The standard InChI is InChI=1S/C29H48O2/c1-6-29(31,7-2)19-8-10-22(4)26-16-17-27-23(11-9-18-28(26,27)5)13-14-24-20-25(30)15-12-21(24)3/h13-14,22,25-27,30-31H,3,6-12,15-20H2,1-2,4-5H3/t22-,25?,26-,27+,28-/m1/s1. The maximum absolute atomic E-state index is 10.6. The number of allylic oxidation sites excluding steroid dienone is 4. The van der Waals surface area contributed by atoms with Crippen molar-refractivity contribution in [3.8, 4) is 0 Å². The second-order valence-electron chi connectivity index (χ2n) is 11.3. The van der Waals surface area contributed by atoms with E-state index in [0.717, 1.165) is 62.7 Å². The first-order valence-electron chi connectivity index (χ1n) is 13.2. The molecule has 2 nitrogen and oxygen atoms in total. The van der Waals surface area contributed by atoms with Gasteiger partial charge in [-0.3, -0.25) is 0 Å². The summed E-state index contributed by atoms with van der Waals surface area (Å²) in [7, 11) is 0. The molecule has 0 spiro atoms. The summed E-state index contributed by atoms with van der Waals surface area (Å²) in [6.45, 7) is 13.5. The van der Waals surface area contributed by atoms with Gasteiger partial charge in [-0.1, -0.05) is 70.4 Å². The van der Waals surface area contributed by atoms with E-state index in [1.165, 1.54) is 49.7 Å². The lowest BCUT2D eigenvalue weighted by atomic mass is 9.60. The first-order chi connectivity index (χ1) is 14.7. The SMILES string of the molecule is C=C1CCC(O)CC1=CC=C1CCC[C@]2(C)[C@@H]([C@H](C)CCCC(O)(CC)CC)CC[C@@H]12. The van der Waals surface area contributed by atoms with Crippen LogP contribution in [0, 0.1) is 23.2 Å². The third-order valence-corrected chi connectivity index (χ3v) is 9.53. The summed E-state index contributed by atoms with van der Waals surface area (Å²) < 4.78 is 0. The molecule has 2 N–H and O–H groups in total. The highest BCUT2D eigenvalue weighted by atomic mass is 16.3. The lowest BCUT2D eigenvalue weighted by Crippen LogP contribution is -2.36. The van der Waals surface area contributed by atoms with Gasteiger partial charge in [-0.05, 0) is 99.4 Å². The van der Waals surface area contributed by atoms with Gasteiger partial charge in [-0.15, -0.1) is 0 Å². The van der Waals surface area contributed by atoms with Crippen LogP contribution in [0.2, 0.25) is 0 Å². The lowest BCUT2D eigenvalue weighted by molar-refractivity contribution is 0.0178. The Bertz CT molecular complexity index is 683. The van der Waals surface area contributed by atoms with Crippen LogP contribution in [0.25, 0.3) is 0 Å². The Balaban J connectivity index is 1.65. The summed E-state index contributed by atoms with van der Waals surface area (Å²) in [6.07, 6.45) is 18.7. The van der Waals surface area contributed by atoms with Gasteiger partial charge < -0.3 is 10.2 Å². The molecule has 3 saturated carbocycles. The maximum atomic E-state index is 10.6. The van der Waals surface area contributed by atoms with Crippen molar-refractivity contribution in [1.29, 1.82) is 0 Å². The monoisotopic (exact) mass is 428 g/mol. The van der Waals surface area contributed by atoms with Crippen molar-refractivity contribution in [1.82, 2.24) is 0 Å². The Morgan fingerprint density at radius 2 is 1.90 bits per heavy atom. The Morgan fingerprint density at radius 1 is 1.16 bits per heavy atom. The van der Waals surface area contributed by atoms with Crippen LogP contribution in [0.5, 0.6) is 0 Å². The molecule has 0 aromatic heterocycles. The molecule has 0 amide bonds. The molecule has 0 aliphatic heterocycles. The molecule has 31 heavy (non-hydrogen) atoms. The first-order valence-corrected chi connectivity index (χ1v) is 13.2. The molecular formula is C29H48O2. The number of hydrogen-bond donors (Lipinski definition) is 2. The molecule has 5 atom stereocenters.